The van der Waals surface area contributed by atoms with E-state index in [1.807, 2.05) is 0 Å². The van der Waals surface area contributed by atoms with Crippen molar-refractivity contribution in [1.82, 2.24) is 4.90 Å². The zero-order valence-electron chi connectivity index (χ0n) is 10.0. The van der Waals surface area contributed by atoms with E-state index in [9.17, 15) is 9.18 Å². The highest BCUT2D eigenvalue weighted by Crippen LogP contribution is 2.10. The molecule has 0 unspecified atom stereocenters. The Kier molecular flexibility index (Phi) is 4.90. The number of likely N-dealkylation sites (N-methyl/N-ethyl adjacent to an activating group) is 1. The van der Waals surface area contributed by atoms with Crippen LogP contribution in [0, 0.1) is 5.82 Å². The average molecular weight is 240 g/mol. The highest BCUT2D eigenvalue weighted by molar-refractivity contribution is 5.80. The number of carbonyl (C=O) groups is 1. The minimum Gasteiger partial charge on any atom is -0.492 e. The fourth-order valence-corrected chi connectivity index (χ4v) is 1.29. The van der Waals surface area contributed by atoms with Crippen molar-refractivity contribution in [3.63, 3.8) is 0 Å². The van der Waals surface area contributed by atoms with Gasteiger partial charge in [-0.25, -0.2) is 4.39 Å². The summed E-state index contributed by atoms with van der Waals surface area (Å²) in [5.41, 5.74) is 5.46. The molecular weight excluding hydrogens is 223 g/mol. The van der Waals surface area contributed by atoms with Crippen molar-refractivity contribution in [3.8, 4) is 5.75 Å². The third-order valence-electron chi connectivity index (χ3n) is 2.27. The molecule has 17 heavy (non-hydrogen) atoms. The van der Waals surface area contributed by atoms with Crippen molar-refractivity contribution in [2.24, 2.45) is 5.73 Å². The molecule has 94 valence electrons. The zero-order chi connectivity index (χ0) is 12.8. The molecule has 5 heteroatoms. The van der Waals surface area contributed by atoms with Gasteiger partial charge in [0.15, 0.2) is 0 Å². The second-order valence-corrected chi connectivity index (χ2v) is 3.85. The largest absolute Gasteiger partial charge is 0.492 e. The van der Waals surface area contributed by atoms with Crippen LogP contribution in [0.5, 0.6) is 5.75 Å². The predicted molar refractivity (Wildman–Crippen MR) is 63.2 cm³/mol. The summed E-state index contributed by atoms with van der Waals surface area (Å²) < 4.78 is 18.0. The number of hydrogen-bond acceptors (Lipinski definition) is 3. The maximum absolute atomic E-state index is 12.6. The van der Waals surface area contributed by atoms with E-state index in [-0.39, 0.29) is 11.7 Å². The van der Waals surface area contributed by atoms with E-state index in [1.165, 1.54) is 17.0 Å². The summed E-state index contributed by atoms with van der Waals surface area (Å²) in [6.07, 6.45) is 0. The molecule has 1 amide bonds. The third kappa shape index (κ3) is 4.40. The van der Waals surface area contributed by atoms with Gasteiger partial charge in [-0.15, -0.1) is 0 Å². The van der Waals surface area contributed by atoms with Crippen molar-refractivity contribution in [1.29, 1.82) is 0 Å². The molecule has 0 bridgehead atoms. The Labute approximate surface area is 100 Å². The van der Waals surface area contributed by atoms with Crippen LogP contribution in [0.2, 0.25) is 0 Å². The molecule has 1 aromatic carbocycles. The predicted octanol–water partition coefficient (Wildman–Crippen LogP) is 1.01. The Morgan fingerprint density at radius 3 is 2.59 bits per heavy atom. The van der Waals surface area contributed by atoms with Crippen molar-refractivity contribution in [2.45, 2.75) is 13.0 Å². The number of carbonyl (C=O) groups excluding carboxylic acids is 1. The minimum atomic E-state index is -0.508. The second kappa shape index (κ2) is 6.20. The van der Waals surface area contributed by atoms with Gasteiger partial charge in [0.1, 0.15) is 18.2 Å². The summed E-state index contributed by atoms with van der Waals surface area (Å²) in [6.45, 7) is 2.43. The summed E-state index contributed by atoms with van der Waals surface area (Å²) in [4.78, 5) is 12.9. The molecule has 1 aromatic rings. The molecule has 0 aliphatic rings. The van der Waals surface area contributed by atoms with Gasteiger partial charge in [0, 0.05) is 7.05 Å². The fraction of sp³-hybridized carbons (Fsp3) is 0.417. The number of ether oxygens (including phenoxy) is 1. The molecule has 4 nitrogen and oxygen atoms in total. The van der Waals surface area contributed by atoms with Gasteiger partial charge in [0.25, 0.3) is 0 Å². The van der Waals surface area contributed by atoms with Gasteiger partial charge >= 0.3 is 0 Å². The molecule has 0 aliphatic carbocycles. The lowest BCUT2D eigenvalue weighted by atomic mass is 10.3. The van der Waals surface area contributed by atoms with Gasteiger partial charge in [-0.3, -0.25) is 4.79 Å². The van der Waals surface area contributed by atoms with E-state index in [2.05, 4.69) is 0 Å². The molecule has 2 N–H and O–H groups in total. The summed E-state index contributed by atoms with van der Waals surface area (Å²) in [5.74, 6) is 0.141. The Morgan fingerprint density at radius 2 is 2.06 bits per heavy atom. The summed E-state index contributed by atoms with van der Waals surface area (Å²) in [7, 11) is 1.67. The lowest BCUT2D eigenvalue weighted by molar-refractivity contribution is -0.131. The van der Waals surface area contributed by atoms with E-state index in [0.29, 0.717) is 18.9 Å². The van der Waals surface area contributed by atoms with Gasteiger partial charge in [0.05, 0.1) is 12.6 Å². The van der Waals surface area contributed by atoms with Crippen molar-refractivity contribution in [2.75, 3.05) is 20.2 Å². The van der Waals surface area contributed by atoms with E-state index in [0.717, 1.165) is 0 Å². The summed E-state index contributed by atoms with van der Waals surface area (Å²) in [5, 5.41) is 0. The third-order valence-corrected chi connectivity index (χ3v) is 2.27. The van der Waals surface area contributed by atoms with E-state index < -0.39 is 6.04 Å². The minimum absolute atomic E-state index is 0.132. The molecule has 0 aromatic heterocycles. The fourth-order valence-electron chi connectivity index (χ4n) is 1.29. The van der Waals surface area contributed by atoms with E-state index in [1.54, 1.807) is 26.1 Å². The van der Waals surface area contributed by atoms with Crippen molar-refractivity contribution in [3.05, 3.63) is 30.1 Å². The van der Waals surface area contributed by atoms with Gasteiger partial charge in [-0.2, -0.15) is 0 Å². The molecule has 1 rings (SSSR count). The van der Waals surface area contributed by atoms with Crippen LogP contribution in [-0.2, 0) is 4.79 Å². The zero-order valence-corrected chi connectivity index (χ0v) is 10.0. The highest BCUT2D eigenvalue weighted by atomic mass is 19.1. The Hall–Kier alpha value is -1.62. The number of nitrogens with two attached hydrogens (primary N) is 1. The molecule has 0 radical (unpaired) electrons. The number of benzene rings is 1. The maximum Gasteiger partial charge on any atom is 0.239 e. The van der Waals surface area contributed by atoms with Crippen LogP contribution >= 0.6 is 0 Å². The van der Waals surface area contributed by atoms with Crippen LogP contribution in [0.4, 0.5) is 4.39 Å². The standard InChI is InChI=1S/C12H17FN2O2/c1-9(14)12(16)15(2)7-8-17-11-5-3-10(13)4-6-11/h3-6,9H,7-8,14H2,1-2H3/t9-/m0/s1. The van der Waals surface area contributed by atoms with Gasteiger partial charge in [-0.05, 0) is 31.2 Å². The number of rotatable bonds is 5. The number of halogens is 1. The first-order valence-corrected chi connectivity index (χ1v) is 5.39. The van der Waals surface area contributed by atoms with Crippen LogP contribution in [0.15, 0.2) is 24.3 Å². The first-order chi connectivity index (χ1) is 8.00. The Bertz CT molecular complexity index is 365. The molecule has 0 saturated heterocycles. The highest BCUT2D eigenvalue weighted by Gasteiger charge is 2.12. The lowest BCUT2D eigenvalue weighted by Crippen LogP contribution is -2.41. The van der Waals surface area contributed by atoms with Crippen LogP contribution in [0.3, 0.4) is 0 Å². The van der Waals surface area contributed by atoms with Crippen molar-refractivity contribution >= 4 is 5.91 Å². The molecule has 1 atom stereocenters. The van der Waals surface area contributed by atoms with Crippen molar-refractivity contribution < 1.29 is 13.9 Å². The maximum atomic E-state index is 12.6. The lowest BCUT2D eigenvalue weighted by Gasteiger charge is -2.19. The molecular formula is C12H17FN2O2. The number of hydrogen-bond donors (Lipinski definition) is 1. The smallest absolute Gasteiger partial charge is 0.239 e. The molecule has 0 heterocycles. The number of nitrogens with zero attached hydrogens (tertiary/aromatic N) is 1. The number of amides is 1. The quantitative estimate of drug-likeness (QED) is 0.835. The average Bonchev–Trinajstić information content (AvgIpc) is 2.30. The van der Waals surface area contributed by atoms with E-state index in [4.69, 9.17) is 10.5 Å². The van der Waals surface area contributed by atoms with Crippen LogP contribution < -0.4 is 10.5 Å². The Morgan fingerprint density at radius 1 is 1.47 bits per heavy atom. The first kappa shape index (κ1) is 13.4. The summed E-state index contributed by atoms with van der Waals surface area (Å²) in [6, 6.07) is 5.23. The van der Waals surface area contributed by atoms with Gasteiger partial charge in [-0.1, -0.05) is 0 Å². The van der Waals surface area contributed by atoms with E-state index >= 15 is 0 Å². The molecule has 0 saturated carbocycles. The molecule has 0 aliphatic heterocycles. The normalized spacial score (nSPS) is 12.0. The van der Waals surface area contributed by atoms with Crippen LogP contribution in [0.25, 0.3) is 0 Å². The van der Waals surface area contributed by atoms with Gasteiger partial charge < -0.3 is 15.4 Å². The van der Waals surface area contributed by atoms with Crippen LogP contribution in [0.1, 0.15) is 6.92 Å². The molecule has 0 spiro atoms. The topological polar surface area (TPSA) is 55.6 Å². The monoisotopic (exact) mass is 240 g/mol. The summed E-state index contributed by atoms with van der Waals surface area (Å²) >= 11 is 0. The second-order valence-electron chi connectivity index (χ2n) is 3.85. The SMILES string of the molecule is C[C@H](N)C(=O)N(C)CCOc1ccc(F)cc1. The van der Waals surface area contributed by atoms with Gasteiger partial charge in [0.2, 0.25) is 5.91 Å². The van der Waals surface area contributed by atoms with Crippen LogP contribution in [-0.4, -0.2) is 37.0 Å². The molecule has 0 fully saturated rings. The Balaban J connectivity index is 2.33. The first-order valence-electron chi connectivity index (χ1n) is 5.39.